The summed E-state index contributed by atoms with van der Waals surface area (Å²) in [5.74, 6) is -0.00699. The van der Waals surface area contributed by atoms with E-state index in [1.807, 2.05) is 31.2 Å². The lowest BCUT2D eigenvalue weighted by molar-refractivity contribution is 0.0958. The Morgan fingerprint density at radius 3 is 2.87 bits per heavy atom. The quantitative estimate of drug-likeness (QED) is 0.750. The zero-order valence-electron chi connectivity index (χ0n) is 8.58. The number of H-pyrrole nitrogens is 1. The van der Waals surface area contributed by atoms with Crippen molar-refractivity contribution in [1.82, 2.24) is 4.98 Å². The molecule has 3 heteroatoms. The second kappa shape index (κ2) is 3.87. The molecule has 0 atom stereocenters. The van der Waals surface area contributed by atoms with E-state index in [-0.39, 0.29) is 18.8 Å². The van der Waals surface area contributed by atoms with Crippen LogP contribution in [-0.2, 0) is 0 Å². The van der Waals surface area contributed by atoms with Crippen molar-refractivity contribution in [3.8, 4) is 0 Å². The number of hydrogen-bond acceptors (Lipinski definition) is 2. The van der Waals surface area contributed by atoms with Crippen LogP contribution < -0.4 is 0 Å². The predicted molar refractivity (Wildman–Crippen MR) is 59.1 cm³/mol. The fraction of sp³-hybridized carbons (Fsp3) is 0.250. The van der Waals surface area contributed by atoms with Gasteiger partial charge in [-0.3, -0.25) is 4.79 Å². The maximum atomic E-state index is 11.8. The van der Waals surface area contributed by atoms with Gasteiger partial charge in [0.2, 0.25) is 0 Å². The van der Waals surface area contributed by atoms with Crippen molar-refractivity contribution >= 4 is 16.7 Å². The molecule has 0 amide bonds. The first kappa shape index (κ1) is 9.93. The number of aromatic nitrogens is 1. The Morgan fingerprint density at radius 2 is 2.13 bits per heavy atom. The Balaban J connectivity index is 2.58. The second-order valence-electron chi connectivity index (χ2n) is 3.57. The summed E-state index contributed by atoms with van der Waals surface area (Å²) in [4.78, 5) is 14.9. The van der Waals surface area contributed by atoms with Crippen molar-refractivity contribution in [2.24, 2.45) is 0 Å². The first-order chi connectivity index (χ1) is 7.24. The van der Waals surface area contributed by atoms with E-state index in [4.69, 9.17) is 5.11 Å². The maximum Gasteiger partial charge on any atom is 0.167 e. The van der Waals surface area contributed by atoms with E-state index < -0.39 is 0 Å². The van der Waals surface area contributed by atoms with Crippen LogP contribution in [0.15, 0.2) is 24.3 Å². The van der Waals surface area contributed by atoms with E-state index in [0.717, 1.165) is 16.6 Å². The van der Waals surface area contributed by atoms with Crippen LogP contribution in [-0.4, -0.2) is 22.5 Å². The number of aromatic amines is 1. The van der Waals surface area contributed by atoms with E-state index in [1.165, 1.54) is 0 Å². The standard InChI is InChI=1S/C12H13NO2/c1-8-12(11(15)6-7-14)9-4-2-3-5-10(9)13-8/h2-5,13-14H,6-7H2,1H3. The van der Waals surface area contributed by atoms with Gasteiger partial charge in [-0.25, -0.2) is 0 Å². The zero-order chi connectivity index (χ0) is 10.8. The average molecular weight is 203 g/mol. The van der Waals surface area contributed by atoms with E-state index in [2.05, 4.69) is 4.98 Å². The van der Waals surface area contributed by atoms with Crippen LogP contribution in [0.4, 0.5) is 0 Å². The highest BCUT2D eigenvalue weighted by atomic mass is 16.3. The molecule has 0 saturated carbocycles. The van der Waals surface area contributed by atoms with Gasteiger partial charge in [0.05, 0.1) is 6.61 Å². The van der Waals surface area contributed by atoms with Gasteiger partial charge in [-0.2, -0.15) is 0 Å². The van der Waals surface area contributed by atoms with Gasteiger partial charge in [0.25, 0.3) is 0 Å². The fourth-order valence-electron chi connectivity index (χ4n) is 1.86. The van der Waals surface area contributed by atoms with Gasteiger partial charge in [0.1, 0.15) is 0 Å². The SMILES string of the molecule is Cc1[nH]c2ccccc2c1C(=O)CCO. The van der Waals surface area contributed by atoms with Gasteiger partial charge in [-0.1, -0.05) is 18.2 Å². The topological polar surface area (TPSA) is 53.1 Å². The molecule has 0 aliphatic rings. The average Bonchev–Trinajstić information content (AvgIpc) is 2.54. The van der Waals surface area contributed by atoms with Gasteiger partial charge in [0, 0.05) is 28.6 Å². The Hall–Kier alpha value is -1.61. The monoisotopic (exact) mass is 203 g/mol. The number of carbonyl (C=O) groups is 1. The summed E-state index contributed by atoms with van der Waals surface area (Å²) < 4.78 is 0. The lowest BCUT2D eigenvalue weighted by atomic mass is 10.1. The van der Waals surface area contributed by atoms with E-state index in [1.54, 1.807) is 0 Å². The smallest absolute Gasteiger partial charge is 0.167 e. The van der Waals surface area contributed by atoms with Crippen LogP contribution in [0.25, 0.3) is 10.9 Å². The number of para-hydroxylation sites is 1. The highest BCUT2D eigenvalue weighted by Crippen LogP contribution is 2.22. The molecule has 0 saturated heterocycles. The molecular formula is C12H13NO2. The molecule has 15 heavy (non-hydrogen) atoms. The first-order valence-corrected chi connectivity index (χ1v) is 4.95. The number of Topliss-reactive ketones (excluding diaryl/α,β-unsaturated/α-hetero) is 1. The summed E-state index contributed by atoms with van der Waals surface area (Å²) >= 11 is 0. The minimum absolute atomic E-state index is 0.00699. The molecule has 0 bridgehead atoms. The first-order valence-electron chi connectivity index (χ1n) is 4.95. The Bertz CT molecular complexity index is 499. The largest absolute Gasteiger partial charge is 0.396 e. The summed E-state index contributed by atoms with van der Waals surface area (Å²) in [5, 5.41) is 9.71. The number of fused-ring (bicyclic) bond motifs is 1. The normalized spacial score (nSPS) is 10.8. The van der Waals surface area contributed by atoms with Crippen LogP contribution >= 0.6 is 0 Å². The third-order valence-corrected chi connectivity index (χ3v) is 2.51. The Morgan fingerprint density at radius 1 is 1.40 bits per heavy atom. The molecule has 2 N–H and O–H groups in total. The minimum atomic E-state index is -0.0994. The number of nitrogens with one attached hydrogen (secondary N) is 1. The molecule has 78 valence electrons. The number of hydrogen-bond donors (Lipinski definition) is 2. The maximum absolute atomic E-state index is 11.8. The molecule has 2 rings (SSSR count). The number of aryl methyl sites for hydroxylation is 1. The molecule has 0 spiro atoms. The summed E-state index contributed by atoms with van der Waals surface area (Å²) in [6, 6.07) is 7.70. The number of rotatable bonds is 3. The Kier molecular flexibility index (Phi) is 2.56. The molecule has 1 aromatic heterocycles. The summed E-state index contributed by atoms with van der Waals surface area (Å²) in [6.45, 7) is 1.78. The highest BCUT2D eigenvalue weighted by molar-refractivity contribution is 6.09. The van der Waals surface area contributed by atoms with Crippen LogP contribution in [0, 0.1) is 6.92 Å². The van der Waals surface area contributed by atoms with Gasteiger partial charge < -0.3 is 10.1 Å². The predicted octanol–water partition coefficient (Wildman–Crippen LogP) is 2.04. The number of ketones is 1. The van der Waals surface area contributed by atoms with Gasteiger partial charge >= 0.3 is 0 Å². The zero-order valence-corrected chi connectivity index (χ0v) is 8.58. The molecule has 2 aromatic rings. The third-order valence-electron chi connectivity index (χ3n) is 2.51. The van der Waals surface area contributed by atoms with Crippen molar-refractivity contribution in [2.75, 3.05) is 6.61 Å². The van der Waals surface area contributed by atoms with Crippen LogP contribution in [0.2, 0.25) is 0 Å². The van der Waals surface area contributed by atoms with Crippen molar-refractivity contribution < 1.29 is 9.90 Å². The minimum Gasteiger partial charge on any atom is -0.396 e. The number of carbonyl (C=O) groups excluding carboxylic acids is 1. The molecular weight excluding hydrogens is 190 g/mol. The third kappa shape index (κ3) is 1.66. The molecule has 0 radical (unpaired) electrons. The molecule has 3 nitrogen and oxygen atoms in total. The van der Waals surface area contributed by atoms with Crippen LogP contribution in [0.3, 0.4) is 0 Å². The van der Waals surface area contributed by atoms with Crippen LogP contribution in [0.5, 0.6) is 0 Å². The van der Waals surface area contributed by atoms with Gasteiger partial charge in [-0.15, -0.1) is 0 Å². The number of aliphatic hydroxyl groups excluding tert-OH is 1. The summed E-state index contributed by atoms with van der Waals surface area (Å²) in [7, 11) is 0. The van der Waals surface area contributed by atoms with Gasteiger partial charge in [0.15, 0.2) is 5.78 Å². The van der Waals surface area contributed by atoms with Crippen molar-refractivity contribution in [1.29, 1.82) is 0 Å². The molecule has 0 unspecified atom stereocenters. The van der Waals surface area contributed by atoms with E-state index >= 15 is 0 Å². The van der Waals surface area contributed by atoms with Crippen LogP contribution in [0.1, 0.15) is 22.5 Å². The summed E-state index contributed by atoms with van der Waals surface area (Å²) in [6.07, 6.45) is 0.183. The molecule has 1 aromatic carbocycles. The van der Waals surface area contributed by atoms with Crippen molar-refractivity contribution in [2.45, 2.75) is 13.3 Å². The van der Waals surface area contributed by atoms with E-state index in [0.29, 0.717) is 5.56 Å². The molecule has 0 fully saturated rings. The Labute approximate surface area is 87.7 Å². The van der Waals surface area contributed by atoms with Crippen molar-refractivity contribution in [3.05, 3.63) is 35.5 Å². The summed E-state index contributed by atoms with van der Waals surface area (Å²) in [5.41, 5.74) is 2.55. The molecule has 0 aliphatic heterocycles. The number of aliphatic hydroxyl groups is 1. The molecule has 0 aliphatic carbocycles. The van der Waals surface area contributed by atoms with E-state index in [9.17, 15) is 4.79 Å². The second-order valence-corrected chi connectivity index (χ2v) is 3.57. The highest BCUT2D eigenvalue weighted by Gasteiger charge is 2.14. The number of benzene rings is 1. The lowest BCUT2D eigenvalue weighted by Crippen LogP contribution is -2.02. The van der Waals surface area contributed by atoms with Crippen molar-refractivity contribution in [3.63, 3.8) is 0 Å². The molecule has 1 heterocycles. The van der Waals surface area contributed by atoms with Gasteiger partial charge in [-0.05, 0) is 13.0 Å². The fourth-order valence-corrected chi connectivity index (χ4v) is 1.86. The lowest BCUT2D eigenvalue weighted by Gasteiger charge is -1.98.